The van der Waals surface area contributed by atoms with Gasteiger partial charge in [-0.05, 0) is 12.3 Å². The minimum atomic E-state index is -1.39. The topological polar surface area (TPSA) is 6.48 Å². The number of halogens is 4. The van der Waals surface area contributed by atoms with E-state index < -0.39 is 23.3 Å². The molecule has 0 radical (unpaired) electrons. The highest BCUT2D eigenvalue weighted by molar-refractivity contribution is 4.64. The van der Waals surface area contributed by atoms with Gasteiger partial charge in [-0.1, -0.05) is 13.8 Å². The molecular formula is C6H12F4N2. The Morgan fingerprint density at radius 2 is 1.58 bits per heavy atom. The lowest BCUT2D eigenvalue weighted by Gasteiger charge is -2.17. The van der Waals surface area contributed by atoms with E-state index in [1.165, 1.54) is 0 Å². The summed E-state index contributed by atoms with van der Waals surface area (Å²) in [7, 11) is 0. The highest BCUT2D eigenvalue weighted by atomic mass is 19.4. The van der Waals surface area contributed by atoms with Gasteiger partial charge in [0.05, 0.1) is 12.6 Å². The van der Waals surface area contributed by atoms with E-state index in [1.807, 2.05) is 0 Å². The van der Waals surface area contributed by atoms with E-state index in [1.54, 1.807) is 13.8 Å². The van der Waals surface area contributed by atoms with Crippen LogP contribution in [0.1, 0.15) is 20.3 Å². The molecule has 0 bridgehead atoms. The van der Waals surface area contributed by atoms with Crippen LogP contribution in [0.15, 0.2) is 0 Å². The van der Waals surface area contributed by atoms with Gasteiger partial charge in [-0.2, -0.15) is 0 Å². The summed E-state index contributed by atoms with van der Waals surface area (Å²) in [5, 5.41) is -2.38. The average Bonchev–Trinajstić information content (AvgIpc) is 1.83. The second-order valence-corrected chi connectivity index (χ2v) is 3.03. The molecule has 0 saturated heterocycles. The van der Waals surface area contributed by atoms with E-state index >= 15 is 0 Å². The normalized spacial score (nSPS) is 14.8. The zero-order valence-electron chi connectivity index (χ0n) is 6.98. The number of nitrogens with zero attached hydrogens (tertiary/aromatic N) is 2. The maximum Gasteiger partial charge on any atom is 0.0913 e. The predicted octanol–water partition coefficient (Wildman–Crippen LogP) is 2.54. The molecule has 0 aromatic rings. The van der Waals surface area contributed by atoms with Gasteiger partial charge in [0.1, 0.15) is 0 Å². The first-order chi connectivity index (χ1) is 5.43. The van der Waals surface area contributed by atoms with Crippen molar-refractivity contribution < 1.29 is 17.9 Å². The molecule has 74 valence electrons. The van der Waals surface area contributed by atoms with Gasteiger partial charge in [-0.25, -0.2) is 0 Å². The first-order valence-corrected chi connectivity index (χ1v) is 3.63. The van der Waals surface area contributed by atoms with Crippen LogP contribution < -0.4 is 0 Å². The summed E-state index contributed by atoms with van der Waals surface area (Å²) >= 11 is 0. The maximum atomic E-state index is 11.9. The van der Waals surface area contributed by atoms with Crippen molar-refractivity contribution in [3.8, 4) is 0 Å². The molecule has 0 N–H and O–H groups in total. The molecule has 0 heterocycles. The average molecular weight is 188 g/mol. The van der Waals surface area contributed by atoms with Crippen LogP contribution in [0, 0.1) is 5.92 Å². The summed E-state index contributed by atoms with van der Waals surface area (Å²) in [5.74, 6) is -0.0241. The van der Waals surface area contributed by atoms with Crippen LogP contribution in [0.5, 0.6) is 0 Å². The maximum absolute atomic E-state index is 11.9. The SMILES string of the molecule is CC(C)CC(CN(F)F)N(F)F. The fourth-order valence-electron chi connectivity index (χ4n) is 0.919. The van der Waals surface area contributed by atoms with Crippen LogP contribution >= 0.6 is 0 Å². The molecule has 0 aliphatic rings. The van der Waals surface area contributed by atoms with Gasteiger partial charge < -0.3 is 0 Å². The zero-order chi connectivity index (χ0) is 9.72. The lowest BCUT2D eigenvalue weighted by Crippen LogP contribution is -2.31. The molecule has 0 aromatic carbocycles. The van der Waals surface area contributed by atoms with E-state index in [4.69, 9.17) is 0 Å². The summed E-state index contributed by atoms with van der Waals surface area (Å²) in [6, 6.07) is -1.39. The van der Waals surface area contributed by atoms with Crippen molar-refractivity contribution in [2.75, 3.05) is 6.54 Å². The van der Waals surface area contributed by atoms with Gasteiger partial charge in [0.15, 0.2) is 0 Å². The molecule has 2 nitrogen and oxygen atoms in total. The Kier molecular flexibility index (Phi) is 5.16. The van der Waals surface area contributed by atoms with Crippen LogP contribution in [0.4, 0.5) is 17.9 Å². The Bertz CT molecular complexity index is 108. The lowest BCUT2D eigenvalue weighted by molar-refractivity contribution is -0.232. The molecular weight excluding hydrogens is 176 g/mol. The molecule has 12 heavy (non-hydrogen) atoms. The Morgan fingerprint density at radius 1 is 1.08 bits per heavy atom. The fourth-order valence-corrected chi connectivity index (χ4v) is 0.919. The first-order valence-electron chi connectivity index (χ1n) is 3.63. The summed E-state index contributed by atoms with van der Waals surface area (Å²) in [6.07, 6.45) is 0.0529. The number of hydrogen-bond donors (Lipinski definition) is 0. The molecule has 1 unspecified atom stereocenters. The molecule has 0 aromatic heterocycles. The summed E-state index contributed by atoms with van der Waals surface area (Å²) in [4.78, 5) is 0. The third kappa shape index (κ3) is 5.31. The van der Waals surface area contributed by atoms with Crippen molar-refractivity contribution in [2.45, 2.75) is 26.3 Å². The molecule has 1 atom stereocenters. The highest BCUT2D eigenvalue weighted by Crippen LogP contribution is 2.14. The van der Waals surface area contributed by atoms with E-state index in [2.05, 4.69) is 0 Å². The standard InChI is InChI=1S/C6H12F4N2/c1-5(2)3-6(12(9)10)4-11(7)8/h5-6H,3-4H2,1-2H3. The van der Waals surface area contributed by atoms with Gasteiger partial charge in [0.2, 0.25) is 0 Å². The monoisotopic (exact) mass is 188 g/mol. The van der Waals surface area contributed by atoms with Crippen LogP contribution in [-0.2, 0) is 0 Å². The summed E-state index contributed by atoms with van der Waals surface area (Å²) in [5.41, 5.74) is 0. The minimum absolute atomic E-state index is 0.0241. The number of rotatable bonds is 5. The van der Waals surface area contributed by atoms with Gasteiger partial charge in [-0.3, -0.25) is 0 Å². The quantitative estimate of drug-likeness (QED) is 0.483. The van der Waals surface area contributed by atoms with Crippen molar-refractivity contribution >= 4 is 0 Å². The second-order valence-electron chi connectivity index (χ2n) is 3.03. The summed E-state index contributed by atoms with van der Waals surface area (Å²) in [6.45, 7) is 2.49. The van der Waals surface area contributed by atoms with Gasteiger partial charge in [0.25, 0.3) is 0 Å². The fraction of sp³-hybridized carbons (Fsp3) is 1.00. The van der Waals surface area contributed by atoms with E-state index in [9.17, 15) is 17.9 Å². The minimum Gasteiger partial charge on any atom is -0.101 e. The zero-order valence-corrected chi connectivity index (χ0v) is 6.98. The Balaban J connectivity index is 3.87. The van der Waals surface area contributed by atoms with Crippen LogP contribution in [0.25, 0.3) is 0 Å². The third-order valence-electron chi connectivity index (χ3n) is 1.37. The molecule has 0 fully saturated rings. The Labute approximate surface area is 68.5 Å². The van der Waals surface area contributed by atoms with Gasteiger partial charge in [-0.15, -0.1) is 17.9 Å². The molecule has 0 spiro atoms. The van der Waals surface area contributed by atoms with Crippen molar-refractivity contribution in [3.05, 3.63) is 0 Å². The van der Waals surface area contributed by atoms with Gasteiger partial charge in [0, 0.05) is 10.7 Å². The molecule has 0 aliphatic carbocycles. The Hall–Kier alpha value is -0.360. The summed E-state index contributed by atoms with van der Waals surface area (Å²) < 4.78 is 46.9. The number of hydrogen-bond acceptors (Lipinski definition) is 2. The van der Waals surface area contributed by atoms with E-state index in [-0.39, 0.29) is 12.3 Å². The van der Waals surface area contributed by atoms with E-state index in [0.717, 1.165) is 0 Å². The molecule has 0 aliphatic heterocycles. The highest BCUT2D eigenvalue weighted by Gasteiger charge is 2.22. The third-order valence-corrected chi connectivity index (χ3v) is 1.37. The predicted molar refractivity (Wildman–Crippen MR) is 36.2 cm³/mol. The van der Waals surface area contributed by atoms with E-state index in [0.29, 0.717) is 0 Å². The smallest absolute Gasteiger partial charge is 0.0913 e. The van der Waals surface area contributed by atoms with Crippen molar-refractivity contribution in [1.29, 1.82) is 0 Å². The second kappa shape index (κ2) is 5.31. The first kappa shape index (κ1) is 11.6. The molecule has 0 rings (SSSR count). The van der Waals surface area contributed by atoms with Crippen molar-refractivity contribution in [2.24, 2.45) is 5.92 Å². The van der Waals surface area contributed by atoms with Crippen LogP contribution in [0.3, 0.4) is 0 Å². The van der Waals surface area contributed by atoms with Crippen molar-refractivity contribution in [3.63, 3.8) is 0 Å². The van der Waals surface area contributed by atoms with Gasteiger partial charge >= 0.3 is 0 Å². The molecule has 0 saturated carbocycles. The lowest BCUT2D eigenvalue weighted by atomic mass is 10.0. The molecule has 0 amide bonds. The molecule has 6 heteroatoms. The van der Waals surface area contributed by atoms with Crippen LogP contribution in [0.2, 0.25) is 0 Å². The largest absolute Gasteiger partial charge is 0.101 e. The Morgan fingerprint density at radius 3 is 1.83 bits per heavy atom. The van der Waals surface area contributed by atoms with Crippen molar-refractivity contribution in [1.82, 2.24) is 10.7 Å². The van der Waals surface area contributed by atoms with Crippen LogP contribution in [-0.4, -0.2) is 23.3 Å².